The standard InChI is InChI=1S/C21H24BrN5O4/c1-30-8-9-31-16-7-6-14(10-24-16)15-11-25-27-19(23)17(22)18(26-20(15)27)12-2-4-13(5-3-12)21(28)29/h6-7,10-13H,2-5,8-9,23H2,1H3,(H,28,29). The summed E-state index contributed by atoms with van der Waals surface area (Å²) in [5, 5.41) is 13.7. The third kappa shape index (κ3) is 4.35. The van der Waals surface area contributed by atoms with Crippen LogP contribution in [0.3, 0.4) is 0 Å². The van der Waals surface area contributed by atoms with Crippen LogP contribution in [0.4, 0.5) is 5.82 Å². The number of anilines is 1. The number of carboxylic acid groups (broad SMARTS) is 1. The molecule has 0 atom stereocenters. The molecular weight excluding hydrogens is 466 g/mol. The molecule has 3 aromatic heterocycles. The Morgan fingerprint density at radius 3 is 2.68 bits per heavy atom. The Labute approximate surface area is 187 Å². The van der Waals surface area contributed by atoms with Crippen molar-refractivity contribution >= 4 is 33.4 Å². The number of methoxy groups -OCH3 is 1. The van der Waals surface area contributed by atoms with E-state index in [0.29, 0.717) is 47.9 Å². The number of hydrogen-bond acceptors (Lipinski definition) is 7. The lowest BCUT2D eigenvalue weighted by atomic mass is 9.80. The number of halogens is 1. The summed E-state index contributed by atoms with van der Waals surface area (Å²) in [6.07, 6.45) is 6.24. The Morgan fingerprint density at radius 2 is 2.03 bits per heavy atom. The Morgan fingerprint density at radius 1 is 1.26 bits per heavy atom. The van der Waals surface area contributed by atoms with Gasteiger partial charge in [-0.05, 0) is 47.7 Å². The maximum absolute atomic E-state index is 11.3. The van der Waals surface area contributed by atoms with Crippen LogP contribution in [0, 0.1) is 5.92 Å². The minimum absolute atomic E-state index is 0.148. The molecule has 4 rings (SSSR count). The summed E-state index contributed by atoms with van der Waals surface area (Å²) in [5.74, 6) is 0.134. The average molecular weight is 490 g/mol. The summed E-state index contributed by atoms with van der Waals surface area (Å²) in [6.45, 7) is 0.922. The van der Waals surface area contributed by atoms with Crippen LogP contribution in [0.15, 0.2) is 29.0 Å². The molecule has 10 heteroatoms. The van der Waals surface area contributed by atoms with E-state index < -0.39 is 5.97 Å². The van der Waals surface area contributed by atoms with Gasteiger partial charge in [0.2, 0.25) is 5.88 Å². The SMILES string of the molecule is COCCOc1ccc(-c2cnn3c(N)c(Br)c(C4CCC(C(=O)O)CC4)nc23)cn1. The van der Waals surface area contributed by atoms with Gasteiger partial charge in [-0.2, -0.15) is 9.61 Å². The molecule has 3 aromatic rings. The van der Waals surface area contributed by atoms with Crippen LogP contribution in [-0.4, -0.2) is 51.0 Å². The van der Waals surface area contributed by atoms with Crippen molar-refractivity contribution in [2.45, 2.75) is 31.6 Å². The zero-order chi connectivity index (χ0) is 22.0. The van der Waals surface area contributed by atoms with E-state index in [1.54, 1.807) is 30.1 Å². The van der Waals surface area contributed by atoms with Crippen LogP contribution < -0.4 is 10.5 Å². The van der Waals surface area contributed by atoms with Gasteiger partial charge in [0.15, 0.2) is 5.65 Å². The molecule has 0 amide bonds. The maximum Gasteiger partial charge on any atom is 0.306 e. The van der Waals surface area contributed by atoms with Crippen LogP contribution in [0.25, 0.3) is 16.8 Å². The lowest BCUT2D eigenvalue weighted by Crippen LogP contribution is -2.21. The minimum Gasteiger partial charge on any atom is -0.481 e. The van der Waals surface area contributed by atoms with E-state index in [4.69, 9.17) is 20.2 Å². The summed E-state index contributed by atoms with van der Waals surface area (Å²) in [7, 11) is 1.62. The van der Waals surface area contributed by atoms with Gasteiger partial charge in [0.05, 0.1) is 28.9 Å². The van der Waals surface area contributed by atoms with E-state index in [1.165, 1.54) is 0 Å². The van der Waals surface area contributed by atoms with E-state index in [1.807, 2.05) is 6.07 Å². The number of nitrogens with zero attached hydrogens (tertiary/aromatic N) is 4. The number of pyridine rings is 1. The molecule has 1 saturated carbocycles. The second-order valence-electron chi connectivity index (χ2n) is 7.60. The molecule has 3 heterocycles. The summed E-state index contributed by atoms with van der Waals surface area (Å²) in [5.41, 5.74) is 9.52. The van der Waals surface area contributed by atoms with E-state index in [-0.39, 0.29) is 11.8 Å². The Bertz CT molecular complexity index is 1080. The molecule has 0 aromatic carbocycles. The minimum atomic E-state index is -0.722. The first-order chi connectivity index (χ1) is 15.0. The van der Waals surface area contributed by atoms with Crippen molar-refractivity contribution in [1.29, 1.82) is 0 Å². The van der Waals surface area contributed by atoms with Crippen LogP contribution >= 0.6 is 15.9 Å². The summed E-state index contributed by atoms with van der Waals surface area (Å²) >= 11 is 3.58. The smallest absolute Gasteiger partial charge is 0.306 e. The molecule has 9 nitrogen and oxygen atoms in total. The number of aliphatic carboxylic acids is 1. The molecule has 1 aliphatic rings. The monoisotopic (exact) mass is 489 g/mol. The van der Waals surface area contributed by atoms with Gasteiger partial charge < -0.3 is 20.3 Å². The first-order valence-electron chi connectivity index (χ1n) is 10.1. The molecule has 1 aliphatic carbocycles. The number of nitrogens with two attached hydrogens (primary N) is 1. The molecule has 31 heavy (non-hydrogen) atoms. The largest absolute Gasteiger partial charge is 0.481 e. The molecular formula is C21H24BrN5O4. The second-order valence-corrected chi connectivity index (χ2v) is 8.40. The van der Waals surface area contributed by atoms with E-state index >= 15 is 0 Å². The van der Waals surface area contributed by atoms with Crippen LogP contribution in [0.5, 0.6) is 5.88 Å². The molecule has 0 saturated heterocycles. The van der Waals surface area contributed by atoms with Gasteiger partial charge in [-0.15, -0.1) is 0 Å². The third-order valence-electron chi connectivity index (χ3n) is 5.70. The second kappa shape index (κ2) is 9.19. The van der Waals surface area contributed by atoms with Crippen molar-refractivity contribution in [2.75, 3.05) is 26.1 Å². The molecule has 3 N–H and O–H groups in total. The lowest BCUT2D eigenvalue weighted by Gasteiger charge is -2.26. The molecule has 0 radical (unpaired) electrons. The van der Waals surface area contributed by atoms with Crippen LogP contribution in [-0.2, 0) is 9.53 Å². The van der Waals surface area contributed by atoms with Crippen molar-refractivity contribution in [1.82, 2.24) is 19.6 Å². The van der Waals surface area contributed by atoms with Gasteiger partial charge in [-0.25, -0.2) is 9.97 Å². The van der Waals surface area contributed by atoms with Gasteiger partial charge in [0, 0.05) is 36.4 Å². The average Bonchev–Trinajstić information content (AvgIpc) is 3.21. The number of carbonyl (C=O) groups is 1. The van der Waals surface area contributed by atoms with E-state index in [9.17, 15) is 9.90 Å². The number of carboxylic acids is 1. The molecule has 0 unspecified atom stereocenters. The fourth-order valence-corrected chi connectivity index (χ4v) is 4.54. The summed E-state index contributed by atoms with van der Waals surface area (Å²) in [6, 6.07) is 3.70. The van der Waals surface area contributed by atoms with Crippen molar-refractivity contribution in [3.05, 3.63) is 34.7 Å². The highest BCUT2D eigenvalue weighted by molar-refractivity contribution is 9.10. The molecule has 1 fully saturated rings. The van der Waals surface area contributed by atoms with Crippen molar-refractivity contribution < 1.29 is 19.4 Å². The van der Waals surface area contributed by atoms with Gasteiger partial charge in [0.1, 0.15) is 12.4 Å². The molecule has 164 valence electrons. The predicted octanol–water partition coefficient (Wildman–Crippen LogP) is 3.52. The summed E-state index contributed by atoms with van der Waals surface area (Å²) < 4.78 is 12.8. The Hall–Kier alpha value is -2.72. The number of ether oxygens (including phenoxy) is 2. The Kier molecular flexibility index (Phi) is 6.38. The fraction of sp³-hybridized carbons (Fsp3) is 0.429. The molecule has 0 spiro atoms. The fourth-order valence-electron chi connectivity index (χ4n) is 3.96. The van der Waals surface area contributed by atoms with Gasteiger partial charge in [-0.3, -0.25) is 4.79 Å². The lowest BCUT2D eigenvalue weighted by molar-refractivity contribution is -0.142. The number of aromatic nitrogens is 4. The van der Waals surface area contributed by atoms with Crippen molar-refractivity contribution in [3.8, 4) is 17.0 Å². The molecule has 0 bridgehead atoms. The van der Waals surface area contributed by atoms with Crippen LogP contribution in [0.1, 0.15) is 37.3 Å². The zero-order valence-electron chi connectivity index (χ0n) is 17.1. The zero-order valence-corrected chi connectivity index (χ0v) is 18.7. The third-order valence-corrected chi connectivity index (χ3v) is 6.51. The number of nitrogen functional groups attached to an aromatic ring is 1. The van der Waals surface area contributed by atoms with Gasteiger partial charge >= 0.3 is 5.97 Å². The predicted molar refractivity (Wildman–Crippen MR) is 118 cm³/mol. The number of rotatable bonds is 7. The first kappa shape index (κ1) is 21.5. The number of fused-ring (bicyclic) bond motifs is 1. The quantitative estimate of drug-likeness (QED) is 0.482. The normalized spacial score (nSPS) is 18.9. The highest BCUT2D eigenvalue weighted by Gasteiger charge is 2.30. The first-order valence-corrected chi connectivity index (χ1v) is 10.9. The maximum atomic E-state index is 11.3. The molecule has 0 aliphatic heterocycles. The van der Waals surface area contributed by atoms with Crippen LogP contribution in [0.2, 0.25) is 0 Å². The highest BCUT2D eigenvalue weighted by atomic mass is 79.9. The summed E-state index contributed by atoms with van der Waals surface area (Å²) in [4.78, 5) is 20.5. The van der Waals surface area contributed by atoms with E-state index in [0.717, 1.165) is 29.7 Å². The van der Waals surface area contributed by atoms with Gasteiger partial charge in [0.25, 0.3) is 0 Å². The number of hydrogen-bond donors (Lipinski definition) is 2. The van der Waals surface area contributed by atoms with Gasteiger partial charge in [-0.1, -0.05) is 0 Å². The Balaban J connectivity index is 1.64. The van der Waals surface area contributed by atoms with Crippen molar-refractivity contribution in [2.24, 2.45) is 5.92 Å². The van der Waals surface area contributed by atoms with E-state index in [2.05, 4.69) is 26.0 Å². The highest BCUT2D eigenvalue weighted by Crippen LogP contribution is 2.40. The topological polar surface area (TPSA) is 125 Å². The van der Waals surface area contributed by atoms with Crippen molar-refractivity contribution in [3.63, 3.8) is 0 Å².